The maximum absolute atomic E-state index is 13.1. The van der Waals surface area contributed by atoms with Crippen LogP contribution in [0.4, 0.5) is 0 Å². The number of aliphatic hydroxyl groups excluding tert-OH is 1. The molecule has 1 fully saturated rings. The summed E-state index contributed by atoms with van der Waals surface area (Å²) in [5.41, 5.74) is 2.50. The van der Waals surface area contributed by atoms with Crippen molar-refractivity contribution < 1.29 is 19.4 Å². The zero-order chi connectivity index (χ0) is 23.3. The molecule has 2 aromatic carbocycles. The number of hydrogen-bond donors (Lipinski definition) is 1. The Morgan fingerprint density at radius 3 is 2.34 bits per heavy atom. The number of carbonyl (C=O) groups excluding carboxylic acids is 2. The van der Waals surface area contributed by atoms with Crippen LogP contribution in [0, 0.1) is 0 Å². The molecule has 1 aliphatic rings. The quantitative estimate of drug-likeness (QED) is 0.365. The molecule has 32 heavy (non-hydrogen) atoms. The van der Waals surface area contributed by atoms with E-state index in [4.69, 9.17) is 4.74 Å². The first-order chi connectivity index (χ1) is 15.4. The fraction of sp³-hybridized carbons (Fsp3) is 0.385. The summed E-state index contributed by atoms with van der Waals surface area (Å²) in [6.45, 7) is 8.93. The Hall–Kier alpha value is -3.12. The highest BCUT2D eigenvalue weighted by Crippen LogP contribution is 2.40. The molecule has 1 saturated heterocycles. The van der Waals surface area contributed by atoms with Gasteiger partial charge in [-0.3, -0.25) is 9.59 Å². The predicted molar refractivity (Wildman–Crippen MR) is 126 cm³/mol. The number of ether oxygens (including phenoxy) is 1. The minimum absolute atomic E-state index is 0.118. The summed E-state index contributed by atoms with van der Waals surface area (Å²) >= 11 is 0. The highest BCUT2D eigenvalue weighted by Gasteiger charge is 2.46. The molecule has 1 amide bonds. The van der Waals surface area contributed by atoms with E-state index >= 15 is 0 Å². The smallest absolute Gasteiger partial charge is 0.295 e. The van der Waals surface area contributed by atoms with Crippen molar-refractivity contribution in [2.24, 2.45) is 0 Å². The number of carbonyl (C=O) groups is 2. The lowest BCUT2D eigenvalue weighted by Crippen LogP contribution is -2.38. The molecular weight excluding hydrogens is 404 g/mol. The van der Waals surface area contributed by atoms with E-state index in [1.807, 2.05) is 36.4 Å². The van der Waals surface area contributed by atoms with Gasteiger partial charge in [0, 0.05) is 18.7 Å². The van der Waals surface area contributed by atoms with E-state index in [9.17, 15) is 14.7 Å². The molecule has 170 valence electrons. The second kappa shape index (κ2) is 10.5. The van der Waals surface area contributed by atoms with Crippen LogP contribution in [-0.4, -0.2) is 59.9 Å². The van der Waals surface area contributed by atoms with E-state index in [1.165, 1.54) is 0 Å². The number of likely N-dealkylation sites (N-methyl/N-ethyl adjacent to an activating group) is 1. The molecule has 0 aliphatic carbocycles. The van der Waals surface area contributed by atoms with Crippen molar-refractivity contribution in [1.29, 1.82) is 0 Å². The van der Waals surface area contributed by atoms with Crippen LogP contribution in [0.1, 0.15) is 43.5 Å². The maximum atomic E-state index is 13.1. The summed E-state index contributed by atoms with van der Waals surface area (Å²) in [5, 5.41) is 11.2. The Kier molecular flexibility index (Phi) is 7.70. The van der Waals surface area contributed by atoms with Gasteiger partial charge in [0.05, 0.1) is 18.7 Å². The zero-order valence-electron chi connectivity index (χ0n) is 19.3. The Bertz CT molecular complexity index is 993. The molecule has 1 atom stereocenters. The third kappa shape index (κ3) is 4.70. The molecule has 6 nitrogen and oxygen atoms in total. The van der Waals surface area contributed by atoms with Crippen LogP contribution in [0.2, 0.25) is 0 Å². The molecular formula is C26H32N2O4. The predicted octanol–water partition coefficient (Wildman–Crippen LogP) is 4.02. The van der Waals surface area contributed by atoms with Crippen molar-refractivity contribution >= 4 is 17.4 Å². The summed E-state index contributed by atoms with van der Waals surface area (Å²) in [6, 6.07) is 14.1. The van der Waals surface area contributed by atoms with Gasteiger partial charge < -0.3 is 19.6 Å². The van der Waals surface area contributed by atoms with Gasteiger partial charge in [-0.25, -0.2) is 0 Å². The second-order valence-corrected chi connectivity index (χ2v) is 7.85. The van der Waals surface area contributed by atoms with Crippen molar-refractivity contribution in [3.05, 3.63) is 70.8 Å². The number of amides is 1. The SMILES string of the molecule is CCc1ccc(/C(O)=C2/C(=O)C(=O)N(CCN(CC)CC)C2c2cccc(OC)c2)cc1. The number of rotatable bonds is 9. The van der Waals surface area contributed by atoms with Gasteiger partial charge in [0.15, 0.2) is 0 Å². The molecule has 3 rings (SSSR count). The molecule has 1 aliphatic heterocycles. The van der Waals surface area contributed by atoms with E-state index in [0.717, 1.165) is 30.6 Å². The van der Waals surface area contributed by atoms with Crippen molar-refractivity contribution in [1.82, 2.24) is 9.80 Å². The summed E-state index contributed by atoms with van der Waals surface area (Å²) in [4.78, 5) is 30.0. The number of methoxy groups -OCH3 is 1. The number of aryl methyl sites for hydroxylation is 1. The molecule has 0 radical (unpaired) electrons. The van der Waals surface area contributed by atoms with Crippen molar-refractivity contribution in [3.63, 3.8) is 0 Å². The molecule has 0 spiro atoms. The van der Waals surface area contributed by atoms with Crippen LogP contribution in [0.3, 0.4) is 0 Å². The number of ketones is 1. The number of aliphatic hydroxyl groups is 1. The van der Waals surface area contributed by atoms with E-state index in [2.05, 4.69) is 25.7 Å². The average molecular weight is 437 g/mol. The molecule has 0 saturated carbocycles. The number of likely N-dealkylation sites (tertiary alicyclic amines) is 1. The van der Waals surface area contributed by atoms with Crippen molar-refractivity contribution in [3.8, 4) is 5.75 Å². The zero-order valence-corrected chi connectivity index (χ0v) is 19.3. The van der Waals surface area contributed by atoms with Gasteiger partial charge in [0.1, 0.15) is 11.5 Å². The molecule has 1 unspecified atom stereocenters. The highest BCUT2D eigenvalue weighted by atomic mass is 16.5. The first kappa shape index (κ1) is 23.5. The van der Waals surface area contributed by atoms with Gasteiger partial charge >= 0.3 is 0 Å². The lowest BCUT2D eigenvalue weighted by molar-refractivity contribution is -0.140. The van der Waals surface area contributed by atoms with Crippen molar-refractivity contribution in [2.45, 2.75) is 33.2 Å². The average Bonchev–Trinajstić information content (AvgIpc) is 3.09. The summed E-state index contributed by atoms with van der Waals surface area (Å²) < 4.78 is 5.37. The van der Waals surface area contributed by atoms with Crippen LogP contribution in [0.5, 0.6) is 5.75 Å². The fourth-order valence-electron chi connectivity index (χ4n) is 4.11. The summed E-state index contributed by atoms with van der Waals surface area (Å²) in [7, 11) is 1.58. The Balaban J connectivity index is 2.10. The monoisotopic (exact) mass is 436 g/mol. The van der Waals surface area contributed by atoms with Crippen LogP contribution in [-0.2, 0) is 16.0 Å². The van der Waals surface area contributed by atoms with Crippen LogP contribution in [0.15, 0.2) is 54.1 Å². The Morgan fingerprint density at radius 1 is 1.06 bits per heavy atom. The van der Waals surface area contributed by atoms with Gasteiger partial charge in [-0.2, -0.15) is 0 Å². The number of nitrogens with zero attached hydrogens (tertiary/aromatic N) is 2. The highest BCUT2D eigenvalue weighted by molar-refractivity contribution is 6.46. The van der Waals surface area contributed by atoms with Crippen LogP contribution in [0.25, 0.3) is 5.76 Å². The molecule has 1 heterocycles. The van der Waals surface area contributed by atoms with Gasteiger partial charge in [0.25, 0.3) is 11.7 Å². The van der Waals surface area contributed by atoms with Crippen molar-refractivity contribution in [2.75, 3.05) is 33.3 Å². The maximum Gasteiger partial charge on any atom is 0.295 e. The number of benzene rings is 2. The lowest BCUT2D eigenvalue weighted by atomic mass is 9.94. The molecule has 0 bridgehead atoms. The van der Waals surface area contributed by atoms with Gasteiger partial charge in [-0.05, 0) is 42.8 Å². The van der Waals surface area contributed by atoms with Gasteiger partial charge in [-0.15, -0.1) is 0 Å². The normalized spacial score (nSPS) is 17.9. The van der Waals surface area contributed by atoms with E-state index < -0.39 is 17.7 Å². The summed E-state index contributed by atoms with van der Waals surface area (Å²) in [6.07, 6.45) is 0.876. The largest absolute Gasteiger partial charge is 0.507 e. The fourth-order valence-corrected chi connectivity index (χ4v) is 4.11. The lowest BCUT2D eigenvalue weighted by Gasteiger charge is -2.28. The third-order valence-corrected chi connectivity index (χ3v) is 6.14. The summed E-state index contributed by atoms with van der Waals surface area (Å²) in [5.74, 6) is -0.764. The standard InChI is InChI=1S/C26H32N2O4/c1-5-18-11-13-19(14-12-18)24(29)22-23(20-9-8-10-21(17-20)32-4)28(26(31)25(22)30)16-15-27(6-2)7-3/h8-14,17,23,29H,5-7,15-16H2,1-4H3/b24-22-. The van der Waals surface area contributed by atoms with E-state index in [0.29, 0.717) is 24.4 Å². The number of Topliss-reactive ketones (excluding diaryl/α,β-unsaturated/α-hetero) is 1. The van der Waals surface area contributed by atoms with Crippen LogP contribution >= 0.6 is 0 Å². The molecule has 0 aromatic heterocycles. The Labute approximate surface area is 190 Å². The molecule has 1 N–H and O–H groups in total. The molecule has 6 heteroatoms. The minimum atomic E-state index is -0.675. The van der Waals surface area contributed by atoms with Gasteiger partial charge in [0.2, 0.25) is 0 Å². The first-order valence-electron chi connectivity index (χ1n) is 11.2. The first-order valence-corrected chi connectivity index (χ1v) is 11.2. The second-order valence-electron chi connectivity index (χ2n) is 7.85. The Morgan fingerprint density at radius 2 is 1.75 bits per heavy atom. The van der Waals surface area contributed by atoms with E-state index in [1.54, 1.807) is 24.1 Å². The third-order valence-electron chi connectivity index (χ3n) is 6.14. The number of hydrogen-bond acceptors (Lipinski definition) is 5. The van der Waals surface area contributed by atoms with Gasteiger partial charge in [-0.1, -0.05) is 57.2 Å². The van der Waals surface area contributed by atoms with Crippen LogP contribution < -0.4 is 4.74 Å². The minimum Gasteiger partial charge on any atom is -0.507 e. The topological polar surface area (TPSA) is 70.1 Å². The van der Waals surface area contributed by atoms with E-state index in [-0.39, 0.29) is 11.3 Å². The molecule has 2 aromatic rings.